The zero-order valence-electron chi connectivity index (χ0n) is 4.18. The highest BCUT2D eigenvalue weighted by Gasteiger charge is 1.79. The van der Waals surface area contributed by atoms with Crippen molar-refractivity contribution in [2.75, 3.05) is 19.5 Å². The second kappa shape index (κ2) is 5.80. The molecule has 0 aliphatic carbocycles. The third-order valence-electron chi connectivity index (χ3n) is 0.454. The van der Waals surface area contributed by atoms with Crippen LogP contribution >= 0.6 is 11.8 Å². The molecule has 0 saturated carbocycles. The lowest BCUT2D eigenvalue weighted by molar-refractivity contribution is 0.219. The Bertz CT molecular complexity index is 68.6. The first-order valence-electron chi connectivity index (χ1n) is 1.91. The summed E-state index contributed by atoms with van der Waals surface area (Å²) in [5.41, 5.74) is 0. The molecular weight excluding hydrogens is 110 g/mol. The van der Waals surface area contributed by atoms with Gasteiger partial charge < -0.3 is 4.74 Å². The topological polar surface area (TPSA) is 33.0 Å². The van der Waals surface area contributed by atoms with Crippen molar-refractivity contribution in [2.24, 2.45) is 0 Å². The maximum Gasteiger partial charge on any atom is 0.133 e. The van der Waals surface area contributed by atoms with Crippen LogP contribution in [0.4, 0.5) is 0 Å². The molecule has 3 heteroatoms. The third kappa shape index (κ3) is 5.80. The van der Waals surface area contributed by atoms with E-state index in [1.807, 2.05) is 5.40 Å². The van der Waals surface area contributed by atoms with Crippen molar-refractivity contribution in [1.29, 1.82) is 5.26 Å². The molecular formula is C4H7NOS. The fraction of sp³-hybridized carbons (Fsp3) is 0.750. The first-order chi connectivity index (χ1) is 3.41. The number of hydrogen-bond donors (Lipinski definition) is 0. The van der Waals surface area contributed by atoms with Gasteiger partial charge >= 0.3 is 0 Å². The van der Waals surface area contributed by atoms with Gasteiger partial charge in [0.25, 0.3) is 0 Å². The van der Waals surface area contributed by atoms with E-state index in [1.165, 1.54) is 11.8 Å². The number of hydrogen-bond acceptors (Lipinski definition) is 3. The second-order valence-electron chi connectivity index (χ2n) is 0.933. The first-order valence-corrected chi connectivity index (χ1v) is 2.90. The Kier molecular flexibility index (Phi) is 5.63. The number of thiocyanates is 1. The molecule has 0 fully saturated rings. The summed E-state index contributed by atoms with van der Waals surface area (Å²) in [6, 6.07) is 0. The molecule has 0 spiro atoms. The molecule has 0 rings (SSSR count). The number of nitriles is 1. The number of thioether (sulfide) groups is 1. The quantitative estimate of drug-likeness (QED) is 0.406. The van der Waals surface area contributed by atoms with Crippen LogP contribution in [0.25, 0.3) is 0 Å². The summed E-state index contributed by atoms with van der Waals surface area (Å²) >= 11 is 1.21. The van der Waals surface area contributed by atoms with Gasteiger partial charge in [-0.15, -0.1) is 0 Å². The Balaban J connectivity index is 2.60. The van der Waals surface area contributed by atoms with E-state index in [4.69, 9.17) is 5.26 Å². The van der Waals surface area contributed by atoms with Crippen LogP contribution in [0.3, 0.4) is 0 Å². The zero-order chi connectivity index (χ0) is 5.54. The van der Waals surface area contributed by atoms with Gasteiger partial charge in [0.15, 0.2) is 0 Å². The van der Waals surface area contributed by atoms with Gasteiger partial charge in [-0.3, -0.25) is 0 Å². The average molecular weight is 117 g/mol. The van der Waals surface area contributed by atoms with E-state index >= 15 is 0 Å². The van der Waals surface area contributed by atoms with Crippen LogP contribution in [0.1, 0.15) is 0 Å². The SMILES string of the molecule is COCCSC#N. The van der Waals surface area contributed by atoms with Gasteiger partial charge in [-0.2, -0.15) is 5.26 Å². The molecule has 0 radical (unpaired) electrons. The Labute approximate surface area is 47.5 Å². The van der Waals surface area contributed by atoms with Crippen molar-refractivity contribution in [3.05, 3.63) is 0 Å². The van der Waals surface area contributed by atoms with E-state index in [9.17, 15) is 0 Å². The lowest BCUT2D eigenvalue weighted by atomic mass is 10.9. The van der Waals surface area contributed by atoms with Crippen LogP contribution in [0.2, 0.25) is 0 Å². The highest BCUT2D eigenvalue weighted by molar-refractivity contribution is 8.03. The van der Waals surface area contributed by atoms with Crippen molar-refractivity contribution >= 4 is 11.8 Å². The molecule has 0 N–H and O–H groups in total. The lowest BCUT2D eigenvalue weighted by Gasteiger charge is -1.87. The molecule has 0 aliphatic heterocycles. The second-order valence-corrected chi connectivity index (χ2v) is 1.81. The van der Waals surface area contributed by atoms with E-state index in [2.05, 4.69) is 4.74 Å². The van der Waals surface area contributed by atoms with Gasteiger partial charge in [0.2, 0.25) is 0 Å². The normalized spacial score (nSPS) is 8.00. The molecule has 0 aliphatic rings. The molecule has 0 bridgehead atoms. The Hall–Kier alpha value is -0.200. The molecule has 0 unspecified atom stereocenters. The van der Waals surface area contributed by atoms with Gasteiger partial charge in [0.1, 0.15) is 5.40 Å². The predicted octanol–water partition coefficient (Wildman–Crippen LogP) is 0.847. The summed E-state index contributed by atoms with van der Waals surface area (Å²) in [6.45, 7) is 0.665. The fourth-order valence-electron chi connectivity index (χ4n) is 0.171. The number of methoxy groups -OCH3 is 1. The number of rotatable bonds is 3. The minimum atomic E-state index is 0.665. The Morgan fingerprint density at radius 3 is 3.00 bits per heavy atom. The van der Waals surface area contributed by atoms with Crippen molar-refractivity contribution < 1.29 is 4.74 Å². The molecule has 0 aromatic carbocycles. The van der Waals surface area contributed by atoms with Crippen LogP contribution in [-0.4, -0.2) is 19.5 Å². The van der Waals surface area contributed by atoms with Gasteiger partial charge in [-0.1, -0.05) is 0 Å². The summed E-state index contributed by atoms with van der Waals surface area (Å²) in [5.74, 6) is 0.771. The standard InChI is InChI=1S/C4H7NOS/c1-6-2-3-7-4-5/h2-3H2,1H3. The molecule has 0 heterocycles. The van der Waals surface area contributed by atoms with Gasteiger partial charge in [0, 0.05) is 12.9 Å². The molecule has 40 valence electrons. The highest BCUT2D eigenvalue weighted by atomic mass is 32.2. The average Bonchev–Trinajstić information content (AvgIpc) is 1.69. The summed E-state index contributed by atoms with van der Waals surface area (Å²) in [4.78, 5) is 0. The monoisotopic (exact) mass is 117 g/mol. The summed E-state index contributed by atoms with van der Waals surface area (Å²) < 4.78 is 4.67. The molecule has 0 amide bonds. The van der Waals surface area contributed by atoms with Crippen LogP contribution in [-0.2, 0) is 4.74 Å². The van der Waals surface area contributed by atoms with E-state index in [-0.39, 0.29) is 0 Å². The zero-order valence-corrected chi connectivity index (χ0v) is 4.99. The molecule has 0 atom stereocenters. The van der Waals surface area contributed by atoms with Crippen molar-refractivity contribution in [2.45, 2.75) is 0 Å². The molecule has 0 aromatic heterocycles. The van der Waals surface area contributed by atoms with Gasteiger partial charge in [-0.05, 0) is 11.8 Å². The van der Waals surface area contributed by atoms with Crippen LogP contribution in [0.15, 0.2) is 0 Å². The lowest BCUT2D eigenvalue weighted by Crippen LogP contribution is -1.88. The van der Waals surface area contributed by atoms with E-state index in [0.717, 1.165) is 5.75 Å². The van der Waals surface area contributed by atoms with E-state index in [1.54, 1.807) is 7.11 Å². The van der Waals surface area contributed by atoms with Gasteiger partial charge in [-0.25, -0.2) is 0 Å². The van der Waals surface area contributed by atoms with Crippen LogP contribution in [0.5, 0.6) is 0 Å². The maximum atomic E-state index is 7.95. The number of ether oxygens (including phenoxy) is 1. The Morgan fingerprint density at radius 2 is 2.57 bits per heavy atom. The van der Waals surface area contributed by atoms with Gasteiger partial charge in [0.05, 0.1) is 6.61 Å². The summed E-state index contributed by atoms with van der Waals surface area (Å²) in [6.07, 6.45) is 0. The summed E-state index contributed by atoms with van der Waals surface area (Å²) in [5, 5.41) is 9.89. The third-order valence-corrected chi connectivity index (χ3v) is 0.954. The highest BCUT2D eigenvalue weighted by Crippen LogP contribution is 1.92. The molecule has 0 saturated heterocycles. The largest absolute Gasteiger partial charge is 0.384 e. The van der Waals surface area contributed by atoms with Crippen molar-refractivity contribution in [3.8, 4) is 5.40 Å². The van der Waals surface area contributed by atoms with Crippen molar-refractivity contribution in [1.82, 2.24) is 0 Å². The van der Waals surface area contributed by atoms with E-state index < -0.39 is 0 Å². The Morgan fingerprint density at radius 1 is 1.86 bits per heavy atom. The molecule has 2 nitrogen and oxygen atoms in total. The van der Waals surface area contributed by atoms with E-state index in [0.29, 0.717) is 6.61 Å². The molecule has 0 aromatic rings. The van der Waals surface area contributed by atoms with Crippen LogP contribution < -0.4 is 0 Å². The van der Waals surface area contributed by atoms with Crippen molar-refractivity contribution in [3.63, 3.8) is 0 Å². The predicted molar refractivity (Wildman–Crippen MR) is 29.9 cm³/mol. The van der Waals surface area contributed by atoms with Crippen LogP contribution in [0, 0.1) is 10.7 Å². The summed E-state index contributed by atoms with van der Waals surface area (Å²) in [7, 11) is 1.62. The smallest absolute Gasteiger partial charge is 0.133 e. The minimum absolute atomic E-state index is 0.665. The molecule has 7 heavy (non-hydrogen) atoms. The minimum Gasteiger partial charge on any atom is -0.384 e. The number of nitrogens with zero attached hydrogens (tertiary/aromatic N) is 1. The maximum absolute atomic E-state index is 7.95. The fourth-order valence-corrected chi connectivity index (χ4v) is 0.512. The first kappa shape index (κ1) is 6.80.